The largest absolute Gasteiger partial charge is 0.452 e. The van der Waals surface area contributed by atoms with Gasteiger partial charge in [0.05, 0.1) is 5.56 Å². The molecule has 1 saturated carbocycles. The Bertz CT molecular complexity index is 562. The van der Waals surface area contributed by atoms with Gasteiger partial charge in [-0.3, -0.25) is 15.1 Å². The van der Waals surface area contributed by atoms with Gasteiger partial charge >= 0.3 is 12.0 Å². The van der Waals surface area contributed by atoms with Crippen LogP contribution in [0.25, 0.3) is 0 Å². The monoisotopic (exact) mass is 319 g/mol. The molecular weight excluding hydrogens is 298 g/mol. The van der Waals surface area contributed by atoms with Crippen LogP contribution in [-0.2, 0) is 9.53 Å². The molecule has 1 fully saturated rings. The topological polar surface area (TPSA) is 97.4 Å². The molecule has 1 aromatic heterocycles. The van der Waals surface area contributed by atoms with Crippen LogP contribution in [0.2, 0.25) is 0 Å². The summed E-state index contributed by atoms with van der Waals surface area (Å²) in [7, 11) is 0. The Hall–Kier alpha value is -2.44. The van der Waals surface area contributed by atoms with E-state index in [1.165, 1.54) is 30.9 Å². The summed E-state index contributed by atoms with van der Waals surface area (Å²) < 4.78 is 4.84. The Labute approximate surface area is 134 Å². The zero-order valence-corrected chi connectivity index (χ0v) is 13.1. The second-order valence-corrected chi connectivity index (χ2v) is 5.70. The van der Waals surface area contributed by atoms with E-state index >= 15 is 0 Å². The fourth-order valence-corrected chi connectivity index (χ4v) is 2.60. The number of urea groups is 1. The van der Waals surface area contributed by atoms with Gasteiger partial charge in [-0.05, 0) is 30.9 Å². The summed E-state index contributed by atoms with van der Waals surface area (Å²) in [5.41, 5.74) is 0.299. The van der Waals surface area contributed by atoms with E-state index in [2.05, 4.69) is 22.5 Å². The Morgan fingerprint density at radius 3 is 2.61 bits per heavy atom. The van der Waals surface area contributed by atoms with Crippen LogP contribution < -0.4 is 10.6 Å². The Balaban J connectivity index is 1.71. The number of amides is 3. The van der Waals surface area contributed by atoms with Crippen LogP contribution in [0.1, 0.15) is 43.0 Å². The molecule has 0 unspecified atom stereocenters. The lowest BCUT2D eigenvalue weighted by Crippen LogP contribution is -2.48. The lowest BCUT2D eigenvalue weighted by atomic mass is 9.86. The summed E-state index contributed by atoms with van der Waals surface area (Å²) in [5.74, 6) is -0.897. The molecule has 0 saturated heterocycles. The molecule has 2 N–H and O–H groups in total. The van der Waals surface area contributed by atoms with Crippen LogP contribution >= 0.6 is 0 Å². The third kappa shape index (κ3) is 5.36. The van der Waals surface area contributed by atoms with Gasteiger partial charge in [-0.2, -0.15) is 0 Å². The Kier molecular flexibility index (Phi) is 6.08. The smallest absolute Gasteiger partial charge is 0.338 e. The molecule has 0 bridgehead atoms. The maximum atomic E-state index is 11.8. The Morgan fingerprint density at radius 1 is 1.22 bits per heavy atom. The average Bonchev–Trinajstić information content (AvgIpc) is 2.55. The van der Waals surface area contributed by atoms with Gasteiger partial charge in [0.1, 0.15) is 0 Å². The first-order valence-electron chi connectivity index (χ1n) is 7.73. The minimum absolute atomic E-state index is 0.0796. The van der Waals surface area contributed by atoms with Gasteiger partial charge in [0.2, 0.25) is 0 Å². The minimum atomic E-state index is -0.659. The number of nitrogens with one attached hydrogen (secondary N) is 2. The highest BCUT2D eigenvalue weighted by atomic mass is 16.5. The number of nitrogens with zero attached hydrogens (tertiary/aromatic N) is 1. The molecular formula is C16H21N3O4. The third-order valence-electron chi connectivity index (χ3n) is 3.93. The molecule has 1 aliphatic carbocycles. The molecule has 1 heterocycles. The number of aromatic nitrogens is 1. The normalized spacial score (nSPS) is 20.4. The molecule has 2 rings (SSSR count). The van der Waals surface area contributed by atoms with Crippen molar-refractivity contribution >= 4 is 17.9 Å². The lowest BCUT2D eigenvalue weighted by Gasteiger charge is -2.29. The van der Waals surface area contributed by atoms with Crippen molar-refractivity contribution in [3.63, 3.8) is 0 Å². The number of hydrogen-bond donors (Lipinski definition) is 2. The molecule has 2 atom stereocenters. The average molecular weight is 319 g/mol. The quantitative estimate of drug-likeness (QED) is 0.822. The number of pyridine rings is 1. The van der Waals surface area contributed by atoms with E-state index in [9.17, 15) is 14.4 Å². The van der Waals surface area contributed by atoms with Crippen LogP contribution in [0.4, 0.5) is 4.79 Å². The zero-order chi connectivity index (χ0) is 16.7. The van der Waals surface area contributed by atoms with Crippen molar-refractivity contribution in [2.45, 2.75) is 38.6 Å². The standard InChI is InChI=1S/C16H21N3O4/c1-11-4-2-3-5-13(11)18-16(22)19-14(20)10-23-15(21)12-6-8-17-9-7-12/h6-9,11,13H,2-5,10H2,1H3,(H2,18,19,20,22)/t11-,13+/m0/s1. The third-order valence-corrected chi connectivity index (χ3v) is 3.93. The maximum Gasteiger partial charge on any atom is 0.338 e. The van der Waals surface area contributed by atoms with Crippen molar-refractivity contribution in [1.29, 1.82) is 0 Å². The summed E-state index contributed by atoms with van der Waals surface area (Å²) in [6.07, 6.45) is 7.14. The Morgan fingerprint density at radius 2 is 1.91 bits per heavy atom. The van der Waals surface area contributed by atoms with Crippen molar-refractivity contribution < 1.29 is 19.1 Å². The zero-order valence-electron chi connectivity index (χ0n) is 13.1. The first-order valence-corrected chi connectivity index (χ1v) is 7.73. The highest BCUT2D eigenvalue weighted by molar-refractivity contribution is 5.97. The summed E-state index contributed by atoms with van der Waals surface area (Å²) in [4.78, 5) is 38.9. The predicted octanol–water partition coefficient (Wildman–Crippen LogP) is 1.64. The summed E-state index contributed by atoms with van der Waals surface area (Å²) >= 11 is 0. The van der Waals surface area contributed by atoms with Gasteiger partial charge in [-0.25, -0.2) is 9.59 Å². The second-order valence-electron chi connectivity index (χ2n) is 5.70. The lowest BCUT2D eigenvalue weighted by molar-refractivity contribution is -0.123. The molecule has 1 aromatic rings. The van der Waals surface area contributed by atoms with Crippen molar-refractivity contribution in [3.8, 4) is 0 Å². The van der Waals surface area contributed by atoms with Gasteiger partial charge in [0.25, 0.3) is 5.91 Å². The number of ether oxygens (including phenoxy) is 1. The van der Waals surface area contributed by atoms with Gasteiger partial charge < -0.3 is 10.1 Å². The number of esters is 1. The maximum absolute atomic E-state index is 11.8. The first kappa shape index (κ1) is 16.9. The fraction of sp³-hybridized carbons (Fsp3) is 0.500. The van der Waals surface area contributed by atoms with E-state index < -0.39 is 24.5 Å². The van der Waals surface area contributed by atoms with E-state index in [0.717, 1.165) is 19.3 Å². The summed E-state index contributed by atoms with van der Waals surface area (Å²) in [6, 6.07) is 2.50. The number of carbonyl (C=O) groups excluding carboxylic acids is 3. The van der Waals surface area contributed by atoms with Gasteiger partial charge in [-0.15, -0.1) is 0 Å². The number of hydrogen-bond acceptors (Lipinski definition) is 5. The molecule has 23 heavy (non-hydrogen) atoms. The van der Waals surface area contributed by atoms with Crippen LogP contribution in [0.15, 0.2) is 24.5 Å². The predicted molar refractivity (Wildman–Crippen MR) is 82.6 cm³/mol. The first-order chi connectivity index (χ1) is 11.1. The van der Waals surface area contributed by atoms with E-state index in [4.69, 9.17) is 4.74 Å². The van der Waals surface area contributed by atoms with E-state index in [1.54, 1.807) is 0 Å². The summed E-state index contributed by atoms with van der Waals surface area (Å²) in [5, 5.41) is 4.98. The van der Waals surface area contributed by atoms with Crippen molar-refractivity contribution in [3.05, 3.63) is 30.1 Å². The SMILES string of the molecule is C[C@H]1CCCC[C@H]1NC(=O)NC(=O)COC(=O)c1ccncc1. The van der Waals surface area contributed by atoms with Crippen LogP contribution in [0, 0.1) is 5.92 Å². The number of carbonyl (C=O) groups is 3. The minimum Gasteiger partial charge on any atom is -0.452 e. The second kappa shape index (κ2) is 8.26. The number of rotatable bonds is 4. The molecule has 0 spiro atoms. The summed E-state index contributed by atoms with van der Waals surface area (Å²) in [6.45, 7) is 1.58. The van der Waals surface area contributed by atoms with Crippen molar-refractivity contribution in [1.82, 2.24) is 15.6 Å². The fourth-order valence-electron chi connectivity index (χ4n) is 2.60. The highest BCUT2D eigenvalue weighted by Gasteiger charge is 2.23. The van der Waals surface area contributed by atoms with Crippen molar-refractivity contribution in [2.24, 2.45) is 5.92 Å². The van der Waals surface area contributed by atoms with Crippen LogP contribution in [0.5, 0.6) is 0 Å². The van der Waals surface area contributed by atoms with Crippen LogP contribution in [0.3, 0.4) is 0 Å². The highest BCUT2D eigenvalue weighted by Crippen LogP contribution is 2.23. The van der Waals surface area contributed by atoms with E-state index in [0.29, 0.717) is 11.5 Å². The van der Waals surface area contributed by atoms with Gasteiger partial charge in [0, 0.05) is 18.4 Å². The van der Waals surface area contributed by atoms with Gasteiger partial charge in [-0.1, -0.05) is 19.8 Å². The molecule has 1 aliphatic rings. The molecule has 0 radical (unpaired) electrons. The molecule has 7 heteroatoms. The van der Waals surface area contributed by atoms with E-state index in [1.807, 2.05) is 0 Å². The van der Waals surface area contributed by atoms with Crippen LogP contribution in [-0.4, -0.2) is 35.5 Å². The molecule has 0 aromatic carbocycles. The van der Waals surface area contributed by atoms with E-state index in [-0.39, 0.29) is 6.04 Å². The molecule has 7 nitrogen and oxygen atoms in total. The number of imide groups is 1. The van der Waals surface area contributed by atoms with Crippen molar-refractivity contribution in [2.75, 3.05) is 6.61 Å². The molecule has 124 valence electrons. The molecule has 3 amide bonds. The molecule has 0 aliphatic heterocycles. The van der Waals surface area contributed by atoms with Gasteiger partial charge in [0.15, 0.2) is 6.61 Å².